The molecule has 0 radical (unpaired) electrons. The van der Waals surface area contributed by atoms with Gasteiger partial charge in [0.2, 0.25) is 0 Å². The van der Waals surface area contributed by atoms with Crippen molar-refractivity contribution in [2.75, 3.05) is 31.1 Å². The Balaban J connectivity index is 1.64. The van der Waals surface area contributed by atoms with Crippen molar-refractivity contribution >= 4 is 11.6 Å². The normalized spacial score (nSPS) is 14.9. The lowest BCUT2D eigenvalue weighted by Gasteiger charge is -2.36. The Hall–Kier alpha value is -2.40. The molecule has 1 fully saturated rings. The predicted molar refractivity (Wildman–Crippen MR) is 88.8 cm³/mol. The largest absolute Gasteiger partial charge is 0.366 e. The molecule has 2 aromatic rings. The average molecular weight is 313 g/mol. The lowest BCUT2D eigenvalue weighted by molar-refractivity contribution is 0.0746. The van der Waals surface area contributed by atoms with Gasteiger partial charge in [-0.15, -0.1) is 0 Å². The molecule has 1 heterocycles. The molecule has 0 aliphatic carbocycles. The SMILES string of the molecule is NCc1ccc(C(=O)N2CCN(c3ccccc3F)CC2)cc1. The van der Waals surface area contributed by atoms with Crippen LogP contribution in [0.5, 0.6) is 0 Å². The van der Waals surface area contributed by atoms with Crippen LogP contribution in [0.1, 0.15) is 15.9 Å². The van der Waals surface area contributed by atoms with Gasteiger partial charge < -0.3 is 15.5 Å². The highest BCUT2D eigenvalue weighted by Crippen LogP contribution is 2.20. The van der Waals surface area contributed by atoms with E-state index in [-0.39, 0.29) is 11.7 Å². The minimum absolute atomic E-state index is 0.0155. The Bertz CT molecular complexity index is 679. The first-order valence-corrected chi connectivity index (χ1v) is 7.77. The number of hydrogen-bond donors (Lipinski definition) is 1. The van der Waals surface area contributed by atoms with E-state index in [1.165, 1.54) is 6.07 Å². The lowest BCUT2D eigenvalue weighted by Crippen LogP contribution is -2.49. The molecule has 5 heteroatoms. The Morgan fingerprint density at radius 2 is 1.65 bits per heavy atom. The third-order valence-electron chi connectivity index (χ3n) is 4.20. The molecule has 2 aromatic carbocycles. The van der Waals surface area contributed by atoms with E-state index in [2.05, 4.69) is 0 Å². The van der Waals surface area contributed by atoms with Crippen LogP contribution in [0, 0.1) is 5.82 Å². The fourth-order valence-corrected chi connectivity index (χ4v) is 2.82. The van der Waals surface area contributed by atoms with E-state index in [1.54, 1.807) is 12.1 Å². The van der Waals surface area contributed by atoms with Crippen molar-refractivity contribution in [3.05, 3.63) is 65.5 Å². The van der Waals surface area contributed by atoms with Crippen molar-refractivity contribution in [3.8, 4) is 0 Å². The first-order chi connectivity index (χ1) is 11.2. The molecule has 0 spiro atoms. The van der Waals surface area contributed by atoms with Crippen molar-refractivity contribution in [3.63, 3.8) is 0 Å². The van der Waals surface area contributed by atoms with Gasteiger partial charge in [-0.3, -0.25) is 4.79 Å². The van der Waals surface area contributed by atoms with Crippen LogP contribution >= 0.6 is 0 Å². The van der Waals surface area contributed by atoms with E-state index >= 15 is 0 Å². The number of carbonyl (C=O) groups excluding carboxylic acids is 1. The van der Waals surface area contributed by atoms with Crippen molar-refractivity contribution in [1.29, 1.82) is 0 Å². The molecule has 23 heavy (non-hydrogen) atoms. The van der Waals surface area contributed by atoms with E-state index < -0.39 is 0 Å². The number of carbonyl (C=O) groups is 1. The third-order valence-corrected chi connectivity index (χ3v) is 4.20. The van der Waals surface area contributed by atoms with Gasteiger partial charge in [0.1, 0.15) is 5.82 Å². The highest BCUT2D eigenvalue weighted by Gasteiger charge is 2.23. The van der Waals surface area contributed by atoms with Crippen molar-refractivity contribution in [2.24, 2.45) is 5.73 Å². The summed E-state index contributed by atoms with van der Waals surface area (Å²) in [5.74, 6) is -0.202. The first-order valence-electron chi connectivity index (χ1n) is 7.77. The summed E-state index contributed by atoms with van der Waals surface area (Å²) in [6.45, 7) is 2.91. The molecule has 0 saturated carbocycles. The van der Waals surface area contributed by atoms with Crippen LogP contribution in [-0.4, -0.2) is 37.0 Å². The Morgan fingerprint density at radius 3 is 2.26 bits per heavy atom. The second-order valence-corrected chi connectivity index (χ2v) is 5.63. The topological polar surface area (TPSA) is 49.6 Å². The van der Waals surface area contributed by atoms with Crippen LogP contribution in [0.4, 0.5) is 10.1 Å². The lowest BCUT2D eigenvalue weighted by atomic mass is 10.1. The standard InChI is InChI=1S/C18H20FN3O/c19-16-3-1-2-4-17(16)21-9-11-22(12-10-21)18(23)15-7-5-14(13-20)6-8-15/h1-8H,9-13,20H2. The van der Waals surface area contributed by atoms with Gasteiger partial charge in [-0.2, -0.15) is 0 Å². The smallest absolute Gasteiger partial charge is 0.253 e. The number of para-hydroxylation sites is 1. The zero-order chi connectivity index (χ0) is 16.2. The molecule has 120 valence electrons. The molecule has 0 bridgehead atoms. The summed E-state index contributed by atoms with van der Waals surface area (Å²) in [7, 11) is 0. The number of anilines is 1. The van der Waals surface area contributed by atoms with Gasteiger partial charge >= 0.3 is 0 Å². The molecule has 4 nitrogen and oxygen atoms in total. The monoisotopic (exact) mass is 313 g/mol. The number of benzene rings is 2. The van der Waals surface area contributed by atoms with E-state index in [4.69, 9.17) is 5.73 Å². The number of nitrogens with two attached hydrogens (primary N) is 1. The molecule has 0 unspecified atom stereocenters. The van der Waals surface area contributed by atoms with Gasteiger partial charge in [-0.25, -0.2) is 4.39 Å². The molecule has 2 N–H and O–H groups in total. The van der Waals surface area contributed by atoms with Crippen molar-refractivity contribution < 1.29 is 9.18 Å². The second kappa shape index (κ2) is 6.79. The summed E-state index contributed by atoms with van der Waals surface area (Å²) in [5.41, 5.74) is 7.85. The molecular weight excluding hydrogens is 293 g/mol. The maximum absolute atomic E-state index is 13.8. The third kappa shape index (κ3) is 3.35. The van der Waals surface area contributed by atoms with E-state index in [1.807, 2.05) is 40.1 Å². The van der Waals surface area contributed by atoms with E-state index in [0.29, 0.717) is 44.0 Å². The van der Waals surface area contributed by atoms with Gasteiger partial charge in [0.05, 0.1) is 5.69 Å². The van der Waals surface area contributed by atoms with Gasteiger partial charge in [-0.1, -0.05) is 24.3 Å². The van der Waals surface area contributed by atoms with Crippen LogP contribution in [0.2, 0.25) is 0 Å². The maximum atomic E-state index is 13.8. The van der Waals surface area contributed by atoms with Gasteiger partial charge in [0.15, 0.2) is 0 Å². The summed E-state index contributed by atoms with van der Waals surface area (Å²) < 4.78 is 13.8. The highest BCUT2D eigenvalue weighted by molar-refractivity contribution is 5.94. The summed E-state index contributed by atoms with van der Waals surface area (Å²) in [6.07, 6.45) is 0. The Morgan fingerprint density at radius 1 is 1.00 bits per heavy atom. The number of hydrogen-bond acceptors (Lipinski definition) is 3. The van der Waals surface area contributed by atoms with Gasteiger partial charge in [-0.05, 0) is 29.8 Å². The Labute approximate surface area is 135 Å². The quantitative estimate of drug-likeness (QED) is 0.945. The Kier molecular flexibility index (Phi) is 4.57. The minimum Gasteiger partial charge on any atom is -0.366 e. The van der Waals surface area contributed by atoms with Gasteiger partial charge in [0.25, 0.3) is 5.91 Å². The number of piperazine rings is 1. The number of amides is 1. The molecule has 1 saturated heterocycles. The summed E-state index contributed by atoms with van der Waals surface area (Å²) in [5, 5.41) is 0. The first kappa shape index (κ1) is 15.5. The van der Waals surface area contributed by atoms with Crippen molar-refractivity contribution in [2.45, 2.75) is 6.54 Å². The summed E-state index contributed by atoms with van der Waals surface area (Å²) in [6, 6.07) is 14.1. The fraction of sp³-hybridized carbons (Fsp3) is 0.278. The highest BCUT2D eigenvalue weighted by atomic mass is 19.1. The van der Waals surface area contributed by atoms with Crippen LogP contribution in [-0.2, 0) is 6.54 Å². The van der Waals surface area contributed by atoms with E-state index in [0.717, 1.165) is 5.56 Å². The molecular formula is C18H20FN3O. The molecule has 1 aliphatic heterocycles. The minimum atomic E-state index is -0.218. The van der Waals surface area contributed by atoms with Crippen LogP contribution in [0.15, 0.2) is 48.5 Å². The molecule has 1 aliphatic rings. The van der Waals surface area contributed by atoms with Gasteiger partial charge in [0, 0.05) is 38.3 Å². The van der Waals surface area contributed by atoms with Crippen LogP contribution < -0.4 is 10.6 Å². The number of nitrogens with zero attached hydrogens (tertiary/aromatic N) is 2. The van der Waals surface area contributed by atoms with Crippen LogP contribution in [0.3, 0.4) is 0 Å². The maximum Gasteiger partial charge on any atom is 0.253 e. The predicted octanol–water partition coefficient (Wildman–Crippen LogP) is 2.25. The molecule has 0 aromatic heterocycles. The average Bonchev–Trinajstić information content (AvgIpc) is 2.62. The van der Waals surface area contributed by atoms with Crippen molar-refractivity contribution in [1.82, 2.24) is 4.90 Å². The second-order valence-electron chi connectivity index (χ2n) is 5.63. The summed E-state index contributed by atoms with van der Waals surface area (Å²) in [4.78, 5) is 16.3. The zero-order valence-corrected chi connectivity index (χ0v) is 12.9. The number of halogens is 1. The molecule has 1 amide bonds. The van der Waals surface area contributed by atoms with E-state index in [9.17, 15) is 9.18 Å². The summed E-state index contributed by atoms with van der Waals surface area (Å²) >= 11 is 0. The molecule has 0 atom stereocenters. The number of rotatable bonds is 3. The zero-order valence-electron chi connectivity index (χ0n) is 12.9. The van der Waals surface area contributed by atoms with Crippen LogP contribution in [0.25, 0.3) is 0 Å². The molecule has 3 rings (SSSR count). The fourth-order valence-electron chi connectivity index (χ4n) is 2.82.